The molecule has 4 nitrogen and oxygen atoms in total. The van der Waals surface area contributed by atoms with Gasteiger partial charge >= 0.3 is 6.09 Å². The minimum atomic E-state index is -1.70. The predicted molar refractivity (Wildman–Crippen MR) is 103 cm³/mol. The highest BCUT2D eigenvalue weighted by Crippen LogP contribution is 2.46. The van der Waals surface area contributed by atoms with E-state index in [2.05, 4.69) is 19.6 Å². The number of fused-ring (bicyclic) bond motifs is 1. The summed E-state index contributed by atoms with van der Waals surface area (Å²) in [7, 11) is -1.70. The van der Waals surface area contributed by atoms with Crippen LogP contribution >= 0.6 is 0 Å². The van der Waals surface area contributed by atoms with Crippen molar-refractivity contribution in [2.24, 2.45) is 0 Å². The highest BCUT2D eigenvalue weighted by atomic mass is 28.3. The van der Waals surface area contributed by atoms with Crippen LogP contribution < -0.4 is 0 Å². The van der Waals surface area contributed by atoms with Gasteiger partial charge in [0.25, 0.3) is 0 Å². The number of hydrogen-bond donors (Lipinski definition) is 0. The third-order valence-corrected chi connectivity index (χ3v) is 7.65. The van der Waals surface area contributed by atoms with Gasteiger partial charge in [-0.1, -0.05) is 50.0 Å². The number of Topliss-reactive ketones (excluding diaryl/α,β-unsaturated/α-hetero) is 1. The fourth-order valence-corrected chi connectivity index (χ4v) is 6.69. The Bertz CT molecular complexity index is 833. The van der Waals surface area contributed by atoms with Gasteiger partial charge in [-0.25, -0.2) is 4.79 Å². The third kappa shape index (κ3) is 2.74. The van der Waals surface area contributed by atoms with E-state index in [1.807, 2.05) is 35.2 Å². The molecule has 136 valence electrons. The average Bonchev–Trinajstić information content (AvgIpc) is 3.14. The number of hydrogen-bond acceptors (Lipinski definition) is 3. The number of ether oxygens (including phenoxy) is 1. The summed E-state index contributed by atoms with van der Waals surface area (Å²) in [6.07, 6.45) is 2.96. The zero-order chi connectivity index (χ0) is 18.5. The van der Waals surface area contributed by atoms with Gasteiger partial charge in [-0.05, 0) is 41.2 Å². The number of rotatable bonds is 3. The third-order valence-electron chi connectivity index (χ3n) is 5.57. The van der Waals surface area contributed by atoms with E-state index in [1.54, 1.807) is 0 Å². The van der Waals surface area contributed by atoms with E-state index in [-0.39, 0.29) is 17.9 Å². The Hall–Kier alpha value is -2.14. The minimum absolute atomic E-state index is 0.100. The first-order chi connectivity index (χ1) is 12.4. The van der Waals surface area contributed by atoms with Crippen LogP contribution in [-0.2, 0) is 9.53 Å². The van der Waals surface area contributed by atoms with Crippen molar-refractivity contribution in [3.05, 3.63) is 57.9 Å². The molecule has 1 heterocycles. The molecular weight excluding hydrogens is 342 g/mol. The lowest BCUT2D eigenvalue weighted by atomic mass is 9.91. The Kier molecular flexibility index (Phi) is 4.14. The molecule has 1 fully saturated rings. The first-order valence-corrected chi connectivity index (χ1v) is 12.9. The van der Waals surface area contributed by atoms with E-state index in [4.69, 9.17) is 4.74 Å². The normalized spacial score (nSPS) is 23.7. The molecule has 26 heavy (non-hydrogen) atoms. The first kappa shape index (κ1) is 17.3. The molecule has 3 aliphatic rings. The van der Waals surface area contributed by atoms with Crippen LogP contribution in [0.25, 0.3) is 0 Å². The SMILES string of the molecule is C[Si](C)(C)C1=C2CCCC(N3C(=O)OC[C@H]3c3ccccc3)=C2CC1=O. The monoisotopic (exact) mass is 367 g/mol. The summed E-state index contributed by atoms with van der Waals surface area (Å²) in [5, 5.41) is 1.09. The number of carbonyl (C=O) groups is 2. The largest absolute Gasteiger partial charge is 0.447 e. The summed E-state index contributed by atoms with van der Waals surface area (Å²) in [4.78, 5) is 27.2. The molecule has 0 aromatic heterocycles. The Morgan fingerprint density at radius 1 is 1.04 bits per heavy atom. The Morgan fingerprint density at radius 2 is 1.77 bits per heavy atom. The number of cyclic esters (lactones) is 1. The molecule has 1 aromatic carbocycles. The molecule has 0 radical (unpaired) electrons. The van der Waals surface area contributed by atoms with E-state index in [0.717, 1.165) is 41.3 Å². The quantitative estimate of drug-likeness (QED) is 0.723. The number of amides is 1. The highest BCUT2D eigenvalue weighted by molar-refractivity contribution is 6.87. The van der Waals surface area contributed by atoms with E-state index >= 15 is 0 Å². The van der Waals surface area contributed by atoms with Crippen molar-refractivity contribution in [3.63, 3.8) is 0 Å². The van der Waals surface area contributed by atoms with Gasteiger partial charge in [0.1, 0.15) is 6.61 Å². The Balaban J connectivity index is 1.81. The molecular formula is C21H25NO3Si. The number of carbonyl (C=O) groups excluding carboxylic acids is 2. The van der Waals surface area contributed by atoms with Gasteiger partial charge in [-0.2, -0.15) is 0 Å². The smallest absolute Gasteiger partial charge is 0.414 e. The van der Waals surface area contributed by atoms with E-state index in [9.17, 15) is 9.59 Å². The molecule has 4 rings (SSSR count). The van der Waals surface area contributed by atoms with Gasteiger partial charge < -0.3 is 4.74 Å². The van der Waals surface area contributed by atoms with Gasteiger partial charge in [0.05, 0.1) is 14.1 Å². The van der Waals surface area contributed by atoms with Gasteiger partial charge in [-0.3, -0.25) is 9.69 Å². The molecule has 1 atom stereocenters. The number of nitrogens with zero attached hydrogens (tertiary/aromatic N) is 1. The fourth-order valence-electron chi connectivity index (χ4n) is 4.59. The van der Waals surface area contributed by atoms with Crippen molar-refractivity contribution < 1.29 is 14.3 Å². The van der Waals surface area contributed by atoms with Gasteiger partial charge in [0.2, 0.25) is 0 Å². The van der Waals surface area contributed by atoms with Crippen LogP contribution in [0.4, 0.5) is 4.79 Å². The zero-order valence-electron chi connectivity index (χ0n) is 15.7. The second kappa shape index (κ2) is 6.23. The van der Waals surface area contributed by atoms with Crippen LogP contribution in [0.5, 0.6) is 0 Å². The molecule has 1 aromatic rings. The predicted octanol–water partition coefficient (Wildman–Crippen LogP) is 4.76. The molecule has 1 aliphatic heterocycles. The highest BCUT2D eigenvalue weighted by Gasteiger charge is 2.43. The van der Waals surface area contributed by atoms with E-state index in [0.29, 0.717) is 13.0 Å². The van der Waals surface area contributed by atoms with Crippen molar-refractivity contribution >= 4 is 20.0 Å². The molecule has 0 N–H and O–H groups in total. The van der Waals surface area contributed by atoms with Gasteiger partial charge in [-0.15, -0.1) is 0 Å². The molecule has 0 bridgehead atoms. The Morgan fingerprint density at radius 3 is 2.46 bits per heavy atom. The molecule has 0 spiro atoms. The van der Waals surface area contributed by atoms with Gasteiger partial charge in [0, 0.05) is 12.1 Å². The second-order valence-electron chi connectivity index (χ2n) is 8.36. The van der Waals surface area contributed by atoms with Crippen molar-refractivity contribution in [3.8, 4) is 0 Å². The lowest BCUT2D eigenvalue weighted by Crippen LogP contribution is -2.30. The molecule has 2 aliphatic carbocycles. The van der Waals surface area contributed by atoms with Crippen LogP contribution in [-0.4, -0.2) is 31.5 Å². The van der Waals surface area contributed by atoms with Crippen LogP contribution in [0.1, 0.15) is 37.3 Å². The number of allylic oxidation sites excluding steroid dienone is 4. The maximum atomic E-state index is 12.8. The summed E-state index contributed by atoms with van der Waals surface area (Å²) < 4.78 is 5.42. The van der Waals surface area contributed by atoms with Crippen molar-refractivity contribution in [2.75, 3.05) is 6.61 Å². The van der Waals surface area contributed by atoms with Crippen molar-refractivity contribution in [1.29, 1.82) is 0 Å². The van der Waals surface area contributed by atoms with E-state index in [1.165, 1.54) is 5.57 Å². The lowest BCUT2D eigenvalue weighted by Gasteiger charge is -2.30. The summed E-state index contributed by atoms with van der Waals surface area (Å²) in [5.41, 5.74) is 4.45. The molecule has 5 heteroatoms. The minimum Gasteiger partial charge on any atom is -0.447 e. The Labute approximate surface area is 155 Å². The average molecular weight is 368 g/mol. The number of ketones is 1. The first-order valence-electron chi connectivity index (χ1n) is 9.38. The standard InChI is InChI=1S/C21H25NO3Si/c1-26(2,3)20-15-10-7-11-17(16(15)12-19(20)23)22-18(13-25-21(22)24)14-8-5-4-6-9-14/h4-6,8-9,18H,7,10-13H2,1-3H3/t18-/m0/s1. The maximum absolute atomic E-state index is 12.8. The molecule has 0 saturated carbocycles. The number of benzene rings is 1. The lowest BCUT2D eigenvalue weighted by molar-refractivity contribution is -0.114. The summed E-state index contributed by atoms with van der Waals surface area (Å²) >= 11 is 0. The molecule has 1 saturated heterocycles. The molecule has 0 unspecified atom stereocenters. The van der Waals surface area contributed by atoms with Gasteiger partial charge in [0.15, 0.2) is 5.78 Å². The topological polar surface area (TPSA) is 46.6 Å². The summed E-state index contributed by atoms with van der Waals surface area (Å²) in [6.45, 7) is 7.08. The van der Waals surface area contributed by atoms with Crippen LogP contribution in [0.15, 0.2) is 52.4 Å². The van der Waals surface area contributed by atoms with Crippen LogP contribution in [0.3, 0.4) is 0 Å². The van der Waals surface area contributed by atoms with E-state index < -0.39 is 8.07 Å². The van der Waals surface area contributed by atoms with Crippen molar-refractivity contribution in [2.45, 2.75) is 51.4 Å². The fraction of sp³-hybridized carbons (Fsp3) is 0.429. The zero-order valence-corrected chi connectivity index (χ0v) is 16.7. The van der Waals surface area contributed by atoms with Crippen LogP contribution in [0, 0.1) is 0 Å². The summed E-state index contributed by atoms with van der Waals surface area (Å²) in [6, 6.07) is 9.93. The van der Waals surface area contributed by atoms with Crippen molar-refractivity contribution in [1.82, 2.24) is 4.90 Å². The van der Waals surface area contributed by atoms with Crippen LogP contribution in [0.2, 0.25) is 19.6 Å². The second-order valence-corrected chi connectivity index (χ2v) is 13.4. The summed E-state index contributed by atoms with van der Waals surface area (Å²) in [5.74, 6) is 0.275. The molecule has 1 amide bonds. The maximum Gasteiger partial charge on any atom is 0.414 e.